The molecule has 40 heavy (non-hydrogen) atoms. The second-order valence-electron chi connectivity index (χ2n) is 11.1. The molecule has 0 saturated carbocycles. The van der Waals surface area contributed by atoms with E-state index in [4.69, 9.17) is 15.2 Å². The van der Waals surface area contributed by atoms with Gasteiger partial charge in [-0.05, 0) is 62.1 Å². The number of rotatable bonds is 5. The van der Waals surface area contributed by atoms with E-state index in [1.54, 1.807) is 12.1 Å². The number of nitrogens with zero attached hydrogens (tertiary/aromatic N) is 5. The van der Waals surface area contributed by atoms with Gasteiger partial charge >= 0.3 is 0 Å². The van der Waals surface area contributed by atoms with Crippen molar-refractivity contribution < 1.29 is 14.4 Å². The highest BCUT2D eigenvalue weighted by Crippen LogP contribution is 2.26. The molecule has 0 amide bonds. The fourth-order valence-corrected chi connectivity index (χ4v) is 6.33. The minimum Gasteiger partial charge on any atom is -0.399 e. The van der Waals surface area contributed by atoms with E-state index in [0.717, 1.165) is 90.2 Å². The molecule has 4 aliphatic heterocycles. The van der Waals surface area contributed by atoms with Crippen LogP contribution in [-0.4, -0.2) is 106 Å². The van der Waals surface area contributed by atoms with Gasteiger partial charge in [-0.25, -0.2) is 0 Å². The molecule has 218 valence electrons. The summed E-state index contributed by atoms with van der Waals surface area (Å²) < 4.78 is 10.9. The number of ether oxygens (including phenoxy) is 2. The zero-order chi connectivity index (χ0) is 27.7. The molecular formula is C30H44N6O4. The van der Waals surface area contributed by atoms with Gasteiger partial charge in [-0.2, -0.15) is 0 Å². The number of hydrogen-bond donors (Lipinski definition) is 1. The van der Waals surface area contributed by atoms with E-state index in [1.165, 1.54) is 31.4 Å². The molecule has 2 unspecified atom stereocenters. The molecule has 0 spiro atoms. The van der Waals surface area contributed by atoms with Gasteiger partial charge in [0.15, 0.2) is 0 Å². The van der Waals surface area contributed by atoms with Crippen LogP contribution in [0.1, 0.15) is 25.7 Å². The minimum absolute atomic E-state index is 0.153. The number of nitrogen functional groups attached to an aromatic ring is 1. The van der Waals surface area contributed by atoms with Gasteiger partial charge in [0, 0.05) is 93.6 Å². The van der Waals surface area contributed by atoms with E-state index in [9.17, 15) is 10.1 Å². The molecule has 0 radical (unpaired) electrons. The van der Waals surface area contributed by atoms with Crippen molar-refractivity contribution in [2.24, 2.45) is 0 Å². The largest absolute Gasteiger partial charge is 0.399 e. The number of nitro groups is 1. The Labute approximate surface area is 237 Å². The van der Waals surface area contributed by atoms with Crippen LogP contribution in [0.15, 0.2) is 48.5 Å². The Bertz CT molecular complexity index is 1060. The summed E-state index contributed by atoms with van der Waals surface area (Å²) in [4.78, 5) is 20.3. The molecular weight excluding hydrogens is 508 g/mol. The van der Waals surface area contributed by atoms with E-state index in [-0.39, 0.29) is 10.6 Å². The molecule has 4 saturated heterocycles. The first-order valence-corrected chi connectivity index (χ1v) is 14.8. The van der Waals surface area contributed by atoms with Crippen LogP contribution in [-0.2, 0) is 9.47 Å². The monoisotopic (exact) mass is 552 g/mol. The van der Waals surface area contributed by atoms with Gasteiger partial charge in [0.2, 0.25) is 0 Å². The van der Waals surface area contributed by atoms with Crippen molar-refractivity contribution in [2.75, 3.05) is 94.3 Å². The summed E-state index contributed by atoms with van der Waals surface area (Å²) in [6.07, 6.45) is 4.97. The van der Waals surface area contributed by atoms with Crippen molar-refractivity contribution in [3.63, 3.8) is 0 Å². The van der Waals surface area contributed by atoms with Gasteiger partial charge in [0.1, 0.15) is 0 Å². The van der Waals surface area contributed by atoms with Crippen molar-refractivity contribution >= 4 is 22.7 Å². The van der Waals surface area contributed by atoms with Gasteiger partial charge < -0.3 is 25.0 Å². The second-order valence-corrected chi connectivity index (χ2v) is 11.1. The van der Waals surface area contributed by atoms with E-state index in [1.807, 2.05) is 24.3 Å². The summed E-state index contributed by atoms with van der Waals surface area (Å²) in [7, 11) is 0. The SMILES string of the molecule is Nc1ccc(N2CCCC(N3CCOCC3)C2)cc1.O=[N+]([O-])c1ccc(N2CCCC(N3CCOCC3)C2)cc1. The third kappa shape index (κ3) is 7.63. The Hall–Kier alpha value is -2.92. The van der Waals surface area contributed by atoms with Gasteiger partial charge in [-0.15, -0.1) is 0 Å². The smallest absolute Gasteiger partial charge is 0.269 e. The van der Waals surface area contributed by atoms with E-state index >= 15 is 0 Å². The molecule has 10 nitrogen and oxygen atoms in total. The van der Waals surface area contributed by atoms with Crippen LogP contribution >= 0.6 is 0 Å². The third-order valence-corrected chi connectivity index (χ3v) is 8.60. The molecule has 0 aliphatic carbocycles. The molecule has 2 aromatic carbocycles. The van der Waals surface area contributed by atoms with Crippen molar-refractivity contribution in [3.05, 3.63) is 58.6 Å². The van der Waals surface area contributed by atoms with Crippen LogP contribution in [0.25, 0.3) is 0 Å². The van der Waals surface area contributed by atoms with Gasteiger partial charge in [0.25, 0.3) is 5.69 Å². The second kappa shape index (κ2) is 14.1. The molecule has 10 heteroatoms. The molecule has 6 rings (SSSR count). The highest BCUT2D eigenvalue weighted by Gasteiger charge is 2.28. The number of anilines is 3. The Morgan fingerprint density at radius 2 is 1.10 bits per heavy atom. The van der Waals surface area contributed by atoms with E-state index < -0.39 is 0 Å². The lowest BCUT2D eigenvalue weighted by Crippen LogP contribution is -2.51. The quantitative estimate of drug-likeness (QED) is 0.340. The fourth-order valence-electron chi connectivity index (χ4n) is 6.33. The number of hydrogen-bond acceptors (Lipinski definition) is 9. The Balaban J connectivity index is 0.000000162. The lowest BCUT2D eigenvalue weighted by molar-refractivity contribution is -0.384. The predicted octanol–water partition coefficient (Wildman–Crippen LogP) is 3.47. The Kier molecular flexibility index (Phi) is 10.1. The van der Waals surface area contributed by atoms with Crippen LogP contribution in [0, 0.1) is 10.1 Å². The lowest BCUT2D eigenvalue weighted by Gasteiger charge is -2.41. The van der Waals surface area contributed by atoms with Crippen molar-refractivity contribution in [1.29, 1.82) is 0 Å². The zero-order valence-corrected chi connectivity index (χ0v) is 23.5. The molecule has 2 aromatic rings. The summed E-state index contributed by atoms with van der Waals surface area (Å²) in [5.41, 5.74) is 9.13. The highest BCUT2D eigenvalue weighted by molar-refractivity contribution is 5.53. The molecule has 0 bridgehead atoms. The highest BCUT2D eigenvalue weighted by atomic mass is 16.6. The molecule has 0 aromatic heterocycles. The zero-order valence-electron chi connectivity index (χ0n) is 23.5. The van der Waals surface area contributed by atoms with Crippen LogP contribution in [0.5, 0.6) is 0 Å². The molecule has 2 atom stereocenters. The molecule has 4 fully saturated rings. The summed E-state index contributed by atoms with van der Waals surface area (Å²) in [6.45, 7) is 11.9. The lowest BCUT2D eigenvalue weighted by atomic mass is 10.0. The average Bonchev–Trinajstić information content (AvgIpc) is 3.03. The molecule has 2 N–H and O–H groups in total. The number of non-ortho nitro benzene ring substituents is 1. The van der Waals surface area contributed by atoms with Crippen LogP contribution in [0.4, 0.5) is 22.7 Å². The van der Waals surface area contributed by atoms with Crippen molar-refractivity contribution in [1.82, 2.24) is 9.80 Å². The van der Waals surface area contributed by atoms with Crippen LogP contribution < -0.4 is 15.5 Å². The predicted molar refractivity (Wildman–Crippen MR) is 159 cm³/mol. The Morgan fingerprint density at radius 1 is 0.675 bits per heavy atom. The first-order valence-electron chi connectivity index (χ1n) is 14.8. The van der Waals surface area contributed by atoms with Crippen LogP contribution in [0.3, 0.4) is 0 Å². The van der Waals surface area contributed by atoms with Gasteiger partial charge in [-0.1, -0.05) is 0 Å². The molecule has 4 aliphatic rings. The van der Waals surface area contributed by atoms with E-state index in [2.05, 4.69) is 31.7 Å². The normalized spacial score (nSPS) is 24.7. The Morgan fingerprint density at radius 3 is 1.52 bits per heavy atom. The summed E-state index contributed by atoms with van der Waals surface area (Å²) >= 11 is 0. The third-order valence-electron chi connectivity index (χ3n) is 8.60. The first-order chi connectivity index (χ1) is 19.6. The number of nitrogens with two attached hydrogens (primary N) is 1. The number of morpholine rings is 2. The maximum Gasteiger partial charge on any atom is 0.269 e. The van der Waals surface area contributed by atoms with Crippen molar-refractivity contribution in [3.8, 4) is 0 Å². The standard InChI is InChI=1S/C15H21N3O3.C15H23N3O/c19-18(20)14-5-3-13(4-6-14)17-7-1-2-15(12-17)16-8-10-21-11-9-16;16-13-3-5-14(6-4-13)18-7-1-2-15(12-18)17-8-10-19-11-9-17/h3-6,15H,1-2,7-12H2;3-6,15H,1-2,7-12,16H2. The number of piperidine rings is 2. The maximum absolute atomic E-state index is 10.7. The van der Waals surface area contributed by atoms with Crippen molar-refractivity contribution in [2.45, 2.75) is 37.8 Å². The summed E-state index contributed by atoms with van der Waals surface area (Å²) in [6, 6.07) is 16.4. The first kappa shape index (κ1) is 28.6. The minimum atomic E-state index is -0.351. The van der Waals surface area contributed by atoms with Gasteiger partial charge in [-0.3, -0.25) is 19.9 Å². The summed E-state index contributed by atoms with van der Waals surface area (Å²) in [5, 5.41) is 10.7. The van der Waals surface area contributed by atoms with E-state index in [0.29, 0.717) is 12.1 Å². The van der Waals surface area contributed by atoms with Crippen LogP contribution in [0.2, 0.25) is 0 Å². The average molecular weight is 553 g/mol. The van der Waals surface area contributed by atoms with Gasteiger partial charge in [0.05, 0.1) is 31.4 Å². The molecule has 4 heterocycles. The number of nitro benzene ring substituents is 1. The fraction of sp³-hybridized carbons (Fsp3) is 0.600. The topological polar surface area (TPSA) is 101 Å². The number of benzene rings is 2. The summed E-state index contributed by atoms with van der Waals surface area (Å²) in [5.74, 6) is 0. The maximum atomic E-state index is 10.7.